The number of thiazole rings is 1. The third-order valence-electron chi connectivity index (χ3n) is 6.27. The highest BCUT2D eigenvalue weighted by molar-refractivity contribution is 7.11. The zero-order valence-corrected chi connectivity index (χ0v) is 16.7. The highest BCUT2D eigenvalue weighted by atomic mass is 32.1. The van der Waals surface area contributed by atoms with E-state index < -0.39 is 0 Å². The lowest BCUT2D eigenvalue weighted by atomic mass is 9.97. The van der Waals surface area contributed by atoms with Gasteiger partial charge in [0.1, 0.15) is 5.01 Å². The van der Waals surface area contributed by atoms with Gasteiger partial charge in [0.25, 0.3) is 5.56 Å². The van der Waals surface area contributed by atoms with Gasteiger partial charge in [-0.3, -0.25) is 9.69 Å². The van der Waals surface area contributed by atoms with E-state index in [1.165, 1.54) is 54.1 Å². The zero-order chi connectivity index (χ0) is 18.2. The first-order valence-electron chi connectivity index (χ1n) is 10.5. The monoisotopic (exact) mass is 384 g/mol. The van der Waals surface area contributed by atoms with E-state index in [0.29, 0.717) is 11.8 Å². The molecule has 2 aromatic heterocycles. The average molecular weight is 385 g/mol. The highest BCUT2D eigenvalue weighted by Crippen LogP contribution is 2.38. The van der Waals surface area contributed by atoms with Gasteiger partial charge in [0.15, 0.2) is 0 Å². The number of piperidine rings is 1. The Morgan fingerprint density at radius 2 is 1.89 bits per heavy atom. The van der Waals surface area contributed by atoms with Crippen LogP contribution < -0.4 is 5.56 Å². The number of aryl methyl sites for hydroxylation is 2. The summed E-state index contributed by atoms with van der Waals surface area (Å²) in [5.41, 5.74) is 2.53. The molecular weight excluding hydrogens is 356 g/mol. The molecule has 5 rings (SSSR count). The molecule has 0 spiro atoms. The second kappa shape index (κ2) is 7.47. The molecule has 27 heavy (non-hydrogen) atoms. The number of aromatic nitrogens is 3. The van der Waals surface area contributed by atoms with Crippen LogP contribution in [0.5, 0.6) is 0 Å². The minimum absolute atomic E-state index is 0.0511. The standard InChI is InChI=1S/C21H28N4OS/c26-21-8-7-17(16-5-6-16)23-25(21)13-15-9-11-24(12-10-15)14-20-22-18-3-1-2-4-19(18)27-20/h7-8,15-16H,1-6,9-14H2. The lowest BCUT2D eigenvalue weighted by Gasteiger charge is -2.31. The van der Waals surface area contributed by atoms with Crippen molar-refractivity contribution in [3.8, 4) is 0 Å². The van der Waals surface area contributed by atoms with E-state index in [9.17, 15) is 4.79 Å². The zero-order valence-electron chi connectivity index (χ0n) is 15.9. The number of rotatable bonds is 5. The Kier molecular flexibility index (Phi) is 4.86. The molecule has 5 nitrogen and oxygen atoms in total. The van der Waals surface area contributed by atoms with Crippen molar-refractivity contribution in [2.75, 3.05) is 13.1 Å². The Balaban J connectivity index is 1.16. The molecule has 1 saturated heterocycles. The molecule has 3 aliphatic rings. The van der Waals surface area contributed by atoms with Crippen molar-refractivity contribution >= 4 is 11.3 Å². The maximum absolute atomic E-state index is 12.2. The second-order valence-corrected chi connectivity index (χ2v) is 9.63. The Labute approximate surface area is 164 Å². The van der Waals surface area contributed by atoms with E-state index in [4.69, 9.17) is 4.98 Å². The predicted molar refractivity (Wildman–Crippen MR) is 107 cm³/mol. The number of fused-ring (bicyclic) bond motifs is 1. The lowest BCUT2D eigenvalue weighted by molar-refractivity contribution is 0.163. The van der Waals surface area contributed by atoms with Crippen molar-refractivity contribution in [2.24, 2.45) is 5.92 Å². The van der Waals surface area contributed by atoms with Crippen LogP contribution >= 0.6 is 11.3 Å². The molecule has 0 aromatic carbocycles. The molecule has 0 amide bonds. The summed E-state index contributed by atoms with van der Waals surface area (Å²) in [6, 6.07) is 3.63. The Hall–Kier alpha value is -1.53. The van der Waals surface area contributed by atoms with Gasteiger partial charge in [-0.15, -0.1) is 11.3 Å². The van der Waals surface area contributed by atoms with Gasteiger partial charge in [-0.2, -0.15) is 5.10 Å². The van der Waals surface area contributed by atoms with Crippen LogP contribution in [-0.4, -0.2) is 32.8 Å². The van der Waals surface area contributed by atoms with Gasteiger partial charge in [-0.05, 0) is 76.4 Å². The van der Waals surface area contributed by atoms with Crippen LogP contribution in [0.4, 0.5) is 0 Å². The molecule has 1 aliphatic heterocycles. The topological polar surface area (TPSA) is 51.0 Å². The molecule has 0 N–H and O–H groups in total. The molecule has 2 aromatic rings. The minimum Gasteiger partial charge on any atom is -0.297 e. The van der Waals surface area contributed by atoms with E-state index in [2.05, 4.69) is 10.00 Å². The van der Waals surface area contributed by atoms with E-state index in [0.717, 1.165) is 44.7 Å². The van der Waals surface area contributed by atoms with Crippen LogP contribution in [0.25, 0.3) is 0 Å². The molecule has 0 unspecified atom stereocenters. The normalized spacial score (nSPS) is 21.3. The van der Waals surface area contributed by atoms with E-state index in [1.807, 2.05) is 17.4 Å². The van der Waals surface area contributed by atoms with Crippen molar-refractivity contribution in [1.82, 2.24) is 19.7 Å². The van der Waals surface area contributed by atoms with Gasteiger partial charge < -0.3 is 0 Å². The summed E-state index contributed by atoms with van der Waals surface area (Å²) in [6.07, 6.45) is 9.78. The fourth-order valence-corrected chi connectivity index (χ4v) is 5.63. The maximum Gasteiger partial charge on any atom is 0.266 e. The number of likely N-dealkylation sites (tertiary alicyclic amines) is 1. The molecule has 144 valence electrons. The van der Waals surface area contributed by atoms with Crippen molar-refractivity contribution in [3.63, 3.8) is 0 Å². The average Bonchev–Trinajstić information content (AvgIpc) is 3.45. The number of hydrogen-bond acceptors (Lipinski definition) is 5. The van der Waals surface area contributed by atoms with Gasteiger partial charge >= 0.3 is 0 Å². The van der Waals surface area contributed by atoms with Crippen LogP contribution in [0.2, 0.25) is 0 Å². The minimum atomic E-state index is 0.0511. The first kappa shape index (κ1) is 17.6. The summed E-state index contributed by atoms with van der Waals surface area (Å²) >= 11 is 1.94. The summed E-state index contributed by atoms with van der Waals surface area (Å²) in [5.74, 6) is 1.16. The van der Waals surface area contributed by atoms with Gasteiger partial charge in [-0.25, -0.2) is 9.67 Å². The van der Waals surface area contributed by atoms with Crippen LogP contribution in [0.15, 0.2) is 16.9 Å². The number of hydrogen-bond donors (Lipinski definition) is 0. The van der Waals surface area contributed by atoms with Crippen LogP contribution in [0.1, 0.15) is 65.7 Å². The SMILES string of the molecule is O=c1ccc(C2CC2)nn1CC1CCN(Cc2nc3c(s2)CCCC3)CC1. The molecule has 0 atom stereocenters. The van der Waals surface area contributed by atoms with E-state index >= 15 is 0 Å². The molecular formula is C21H28N4OS. The Morgan fingerprint density at radius 1 is 1.07 bits per heavy atom. The van der Waals surface area contributed by atoms with Crippen molar-refractivity contribution in [2.45, 2.75) is 70.4 Å². The molecule has 0 radical (unpaired) electrons. The molecule has 2 aliphatic carbocycles. The molecule has 0 bridgehead atoms. The third kappa shape index (κ3) is 4.02. The van der Waals surface area contributed by atoms with Gasteiger partial charge in [0.2, 0.25) is 0 Å². The van der Waals surface area contributed by atoms with Crippen LogP contribution in [-0.2, 0) is 25.9 Å². The van der Waals surface area contributed by atoms with Crippen molar-refractivity contribution in [3.05, 3.63) is 43.8 Å². The largest absolute Gasteiger partial charge is 0.297 e. The number of nitrogens with zero attached hydrogens (tertiary/aromatic N) is 4. The molecule has 3 heterocycles. The van der Waals surface area contributed by atoms with E-state index in [-0.39, 0.29) is 5.56 Å². The summed E-state index contributed by atoms with van der Waals surface area (Å²) in [5, 5.41) is 5.94. The van der Waals surface area contributed by atoms with Gasteiger partial charge in [0.05, 0.1) is 17.9 Å². The van der Waals surface area contributed by atoms with Crippen LogP contribution in [0.3, 0.4) is 0 Å². The predicted octanol–water partition coefficient (Wildman–Crippen LogP) is 3.37. The molecule has 6 heteroatoms. The fraction of sp³-hybridized carbons (Fsp3) is 0.667. The summed E-state index contributed by atoms with van der Waals surface area (Å²) < 4.78 is 1.73. The van der Waals surface area contributed by atoms with Gasteiger partial charge in [-0.1, -0.05) is 0 Å². The van der Waals surface area contributed by atoms with Crippen molar-refractivity contribution < 1.29 is 0 Å². The van der Waals surface area contributed by atoms with Crippen LogP contribution in [0, 0.1) is 5.92 Å². The van der Waals surface area contributed by atoms with Crippen molar-refractivity contribution in [1.29, 1.82) is 0 Å². The molecule has 1 saturated carbocycles. The fourth-order valence-electron chi connectivity index (χ4n) is 4.43. The first-order valence-corrected chi connectivity index (χ1v) is 11.3. The lowest BCUT2D eigenvalue weighted by Crippen LogP contribution is -2.36. The molecule has 2 fully saturated rings. The highest BCUT2D eigenvalue weighted by Gasteiger charge is 2.26. The third-order valence-corrected chi connectivity index (χ3v) is 7.41. The second-order valence-electron chi connectivity index (χ2n) is 8.46. The summed E-state index contributed by atoms with van der Waals surface area (Å²) in [4.78, 5) is 21.1. The quantitative estimate of drug-likeness (QED) is 0.793. The summed E-state index contributed by atoms with van der Waals surface area (Å²) in [7, 11) is 0. The smallest absolute Gasteiger partial charge is 0.266 e. The first-order chi connectivity index (χ1) is 13.2. The van der Waals surface area contributed by atoms with E-state index in [1.54, 1.807) is 10.7 Å². The Bertz CT molecular complexity index is 838. The Morgan fingerprint density at radius 3 is 2.67 bits per heavy atom. The van der Waals surface area contributed by atoms with Gasteiger partial charge in [0, 0.05) is 23.4 Å². The maximum atomic E-state index is 12.2. The summed E-state index contributed by atoms with van der Waals surface area (Å²) in [6.45, 7) is 3.98.